The molecule has 26 heavy (non-hydrogen) atoms. The average Bonchev–Trinajstić information content (AvgIpc) is 2.92. The first kappa shape index (κ1) is 18.3. The number of hydrogen-bond acceptors (Lipinski definition) is 2. The van der Waals surface area contributed by atoms with Crippen molar-refractivity contribution in [3.63, 3.8) is 0 Å². The molecule has 0 aliphatic rings. The number of carbonyl (C=O) groups is 1. The van der Waals surface area contributed by atoms with Crippen LogP contribution in [-0.4, -0.2) is 15.5 Å². The molecule has 0 radical (unpaired) electrons. The van der Waals surface area contributed by atoms with Crippen LogP contribution in [-0.2, 0) is 13.7 Å². The zero-order chi connectivity index (χ0) is 19.2. The van der Waals surface area contributed by atoms with E-state index in [-0.39, 0.29) is 18.0 Å². The van der Waals surface area contributed by atoms with E-state index in [2.05, 4.69) is 0 Å². The molecule has 5 heteroatoms. The van der Waals surface area contributed by atoms with Gasteiger partial charge in [0.1, 0.15) is 0 Å². The minimum Gasteiger partial charge on any atom is -0.392 e. The summed E-state index contributed by atoms with van der Waals surface area (Å²) < 4.78 is 27.9. The number of rotatable bonds is 4. The summed E-state index contributed by atoms with van der Waals surface area (Å²) in [7, 11) is 1.71. The largest absolute Gasteiger partial charge is 0.392 e. The molecule has 0 spiro atoms. The highest BCUT2D eigenvalue weighted by Gasteiger charge is 2.22. The van der Waals surface area contributed by atoms with Gasteiger partial charge < -0.3 is 9.67 Å². The fourth-order valence-corrected chi connectivity index (χ4v) is 3.52. The number of alkyl halides is 2. The van der Waals surface area contributed by atoms with Crippen LogP contribution in [0, 0.1) is 20.8 Å². The minimum atomic E-state index is -2.56. The fourth-order valence-electron chi connectivity index (χ4n) is 3.52. The van der Waals surface area contributed by atoms with Crippen molar-refractivity contribution in [1.29, 1.82) is 0 Å². The number of ketones is 1. The van der Waals surface area contributed by atoms with Crippen LogP contribution in [0.15, 0.2) is 30.3 Å². The zero-order valence-corrected chi connectivity index (χ0v) is 15.2. The van der Waals surface area contributed by atoms with Gasteiger partial charge in [0.15, 0.2) is 0 Å². The topological polar surface area (TPSA) is 42.2 Å². The number of fused-ring (bicyclic) bond motifs is 1. The molecule has 0 atom stereocenters. The zero-order valence-electron chi connectivity index (χ0n) is 15.2. The molecule has 0 bridgehead atoms. The number of halogens is 2. The first-order valence-electron chi connectivity index (χ1n) is 8.39. The third kappa shape index (κ3) is 2.82. The van der Waals surface area contributed by atoms with Crippen LogP contribution < -0.4 is 0 Å². The summed E-state index contributed by atoms with van der Waals surface area (Å²) in [5.41, 5.74) is 4.53. The lowest BCUT2D eigenvalue weighted by molar-refractivity contribution is 0.103. The van der Waals surface area contributed by atoms with Gasteiger partial charge >= 0.3 is 0 Å². The predicted molar refractivity (Wildman–Crippen MR) is 97.9 cm³/mol. The summed E-state index contributed by atoms with van der Waals surface area (Å²) in [4.78, 5) is 13.2. The van der Waals surface area contributed by atoms with Crippen molar-refractivity contribution in [2.24, 2.45) is 7.05 Å². The first-order valence-corrected chi connectivity index (χ1v) is 8.39. The van der Waals surface area contributed by atoms with Crippen LogP contribution in [0.25, 0.3) is 10.9 Å². The Hall–Kier alpha value is -2.53. The number of hydrogen-bond donors (Lipinski definition) is 1. The van der Waals surface area contributed by atoms with E-state index in [0.29, 0.717) is 27.9 Å². The number of aryl methyl sites for hydroxylation is 3. The molecular formula is C21H21F2NO2. The van der Waals surface area contributed by atoms with E-state index >= 15 is 0 Å². The highest BCUT2D eigenvalue weighted by Crippen LogP contribution is 2.30. The Kier molecular flexibility index (Phi) is 4.67. The summed E-state index contributed by atoms with van der Waals surface area (Å²) in [6, 6.07) is 8.28. The summed E-state index contributed by atoms with van der Waals surface area (Å²) in [6.07, 6.45) is -2.56. The third-order valence-electron chi connectivity index (χ3n) is 5.06. The number of aromatic nitrogens is 1. The quantitative estimate of drug-likeness (QED) is 0.684. The Labute approximate surface area is 150 Å². The monoisotopic (exact) mass is 357 g/mol. The van der Waals surface area contributed by atoms with Gasteiger partial charge in [-0.2, -0.15) is 0 Å². The maximum atomic E-state index is 13.2. The molecule has 0 amide bonds. The van der Waals surface area contributed by atoms with E-state index in [0.717, 1.165) is 16.5 Å². The van der Waals surface area contributed by atoms with E-state index in [9.17, 15) is 18.7 Å². The molecule has 0 saturated heterocycles. The van der Waals surface area contributed by atoms with Crippen molar-refractivity contribution >= 4 is 16.7 Å². The van der Waals surface area contributed by atoms with Gasteiger partial charge in [-0.25, -0.2) is 8.78 Å². The second kappa shape index (κ2) is 6.65. The molecule has 3 aromatic rings. The molecule has 0 unspecified atom stereocenters. The van der Waals surface area contributed by atoms with Crippen molar-refractivity contribution in [3.8, 4) is 0 Å². The molecule has 1 aromatic heterocycles. The Balaban J connectivity index is 2.22. The molecule has 0 fully saturated rings. The van der Waals surface area contributed by atoms with Gasteiger partial charge in [-0.1, -0.05) is 12.1 Å². The van der Waals surface area contributed by atoms with Gasteiger partial charge in [0, 0.05) is 29.1 Å². The number of carbonyl (C=O) groups excluding carboxylic acids is 1. The maximum absolute atomic E-state index is 13.2. The molecule has 3 rings (SSSR count). The van der Waals surface area contributed by atoms with Crippen LogP contribution in [0.4, 0.5) is 8.78 Å². The van der Waals surface area contributed by atoms with Gasteiger partial charge in [0.2, 0.25) is 5.78 Å². The van der Waals surface area contributed by atoms with E-state index in [4.69, 9.17) is 0 Å². The Morgan fingerprint density at radius 3 is 2.42 bits per heavy atom. The molecule has 0 saturated carbocycles. The third-order valence-corrected chi connectivity index (χ3v) is 5.06. The predicted octanol–water partition coefficient (Wildman–Crippen LogP) is 4.76. The SMILES string of the molecule is Cc1ccc(CO)c(C)c1C(=O)c1cc2c(C)cc(C(F)F)cc2n1C. The summed E-state index contributed by atoms with van der Waals surface area (Å²) in [6.45, 7) is 5.29. The number of benzene rings is 2. The van der Waals surface area contributed by atoms with Crippen LogP contribution in [0.3, 0.4) is 0 Å². The smallest absolute Gasteiger partial charge is 0.263 e. The molecule has 0 aliphatic carbocycles. The Morgan fingerprint density at radius 1 is 1.12 bits per heavy atom. The van der Waals surface area contributed by atoms with Crippen molar-refractivity contribution in [2.75, 3.05) is 0 Å². The van der Waals surface area contributed by atoms with Gasteiger partial charge in [-0.15, -0.1) is 0 Å². The van der Waals surface area contributed by atoms with E-state index in [1.54, 1.807) is 24.6 Å². The molecule has 1 heterocycles. The maximum Gasteiger partial charge on any atom is 0.263 e. The van der Waals surface area contributed by atoms with E-state index < -0.39 is 6.43 Å². The second-order valence-electron chi connectivity index (χ2n) is 6.69. The molecule has 136 valence electrons. The molecule has 3 nitrogen and oxygen atoms in total. The summed E-state index contributed by atoms with van der Waals surface area (Å²) in [5, 5.41) is 10.3. The first-order chi connectivity index (χ1) is 12.3. The Morgan fingerprint density at radius 2 is 1.81 bits per heavy atom. The van der Waals surface area contributed by atoms with Crippen LogP contribution in [0.1, 0.15) is 50.3 Å². The van der Waals surface area contributed by atoms with Gasteiger partial charge in [0.05, 0.1) is 12.3 Å². The molecule has 1 N–H and O–H groups in total. The standard InChI is InChI=1S/C21H21F2NO2/c1-11-5-6-14(10-25)13(3)19(11)20(26)18-9-16-12(2)7-15(21(22)23)8-17(16)24(18)4/h5-9,21,25H,10H2,1-4H3. The highest BCUT2D eigenvalue weighted by atomic mass is 19.3. The van der Waals surface area contributed by atoms with Gasteiger partial charge in [-0.05, 0) is 61.2 Å². The second-order valence-corrected chi connectivity index (χ2v) is 6.69. The minimum absolute atomic E-state index is 0.0511. The van der Waals surface area contributed by atoms with Gasteiger partial charge in [-0.3, -0.25) is 4.79 Å². The molecule has 0 aliphatic heterocycles. The van der Waals surface area contributed by atoms with Crippen molar-refractivity contribution < 1.29 is 18.7 Å². The van der Waals surface area contributed by atoms with E-state index in [1.807, 2.05) is 26.0 Å². The fraction of sp³-hybridized carbons (Fsp3) is 0.286. The normalized spacial score (nSPS) is 11.5. The Bertz CT molecular complexity index is 1020. The van der Waals surface area contributed by atoms with Crippen LogP contribution in [0.2, 0.25) is 0 Å². The van der Waals surface area contributed by atoms with Crippen LogP contribution in [0.5, 0.6) is 0 Å². The number of nitrogens with zero attached hydrogens (tertiary/aromatic N) is 1. The lowest BCUT2D eigenvalue weighted by Crippen LogP contribution is -2.12. The van der Waals surface area contributed by atoms with Gasteiger partial charge in [0.25, 0.3) is 6.43 Å². The number of aliphatic hydroxyl groups is 1. The van der Waals surface area contributed by atoms with Crippen molar-refractivity contribution in [3.05, 3.63) is 69.4 Å². The summed E-state index contributed by atoms with van der Waals surface area (Å²) >= 11 is 0. The highest BCUT2D eigenvalue weighted by molar-refractivity contribution is 6.12. The lowest BCUT2D eigenvalue weighted by Gasteiger charge is -2.13. The van der Waals surface area contributed by atoms with Crippen molar-refractivity contribution in [1.82, 2.24) is 4.57 Å². The number of aliphatic hydroxyl groups excluding tert-OH is 1. The van der Waals surface area contributed by atoms with Crippen LogP contribution >= 0.6 is 0 Å². The summed E-state index contributed by atoms with van der Waals surface area (Å²) in [5.74, 6) is -0.174. The molecular weight excluding hydrogens is 336 g/mol. The van der Waals surface area contributed by atoms with Crippen molar-refractivity contribution in [2.45, 2.75) is 33.8 Å². The van der Waals surface area contributed by atoms with E-state index in [1.165, 1.54) is 12.1 Å². The lowest BCUT2D eigenvalue weighted by atomic mass is 9.93. The molecule has 2 aromatic carbocycles. The average molecular weight is 357 g/mol.